The van der Waals surface area contributed by atoms with Gasteiger partial charge in [-0.2, -0.15) is 0 Å². The zero-order chi connectivity index (χ0) is 25.0. The lowest BCUT2D eigenvalue weighted by molar-refractivity contribution is -0.231. The second kappa shape index (κ2) is 11.6. The average molecular weight is 492 g/mol. The van der Waals surface area contributed by atoms with Gasteiger partial charge in [0, 0.05) is 5.02 Å². The van der Waals surface area contributed by atoms with E-state index < -0.39 is 37.1 Å². The highest BCUT2D eigenvalue weighted by Crippen LogP contribution is 2.34. The molecule has 1 aliphatic rings. The van der Waals surface area contributed by atoms with E-state index in [0.29, 0.717) is 17.0 Å². The molecule has 7 nitrogen and oxygen atoms in total. The van der Waals surface area contributed by atoms with Crippen LogP contribution in [0.3, 0.4) is 0 Å². The molecule has 1 heterocycles. The third-order valence-electron chi connectivity index (χ3n) is 5.84. The monoisotopic (exact) mass is 491 g/mol. The van der Waals surface area contributed by atoms with Crippen LogP contribution >= 0.6 is 11.6 Å². The Balaban J connectivity index is 1.81. The highest BCUT2D eigenvalue weighted by molar-refractivity contribution is 6.31. The molecule has 2 aromatic carbocycles. The highest BCUT2D eigenvalue weighted by atomic mass is 35.5. The molecule has 1 fully saturated rings. The van der Waals surface area contributed by atoms with Crippen LogP contribution in [0.1, 0.15) is 56.1 Å². The second-order valence-corrected chi connectivity index (χ2v) is 9.67. The summed E-state index contributed by atoms with van der Waals surface area (Å²) in [6.45, 7) is 7.54. The van der Waals surface area contributed by atoms with Crippen molar-refractivity contribution in [2.75, 3.05) is 6.61 Å². The van der Waals surface area contributed by atoms with Gasteiger partial charge in [-0.25, -0.2) is 0 Å². The Kier molecular flexibility index (Phi) is 9.09. The van der Waals surface area contributed by atoms with Crippen molar-refractivity contribution < 1.29 is 30.0 Å². The maximum absolute atomic E-state index is 10.5. The van der Waals surface area contributed by atoms with Crippen LogP contribution in [-0.2, 0) is 16.0 Å². The van der Waals surface area contributed by atoms with Gasteiger partial charge in [0.25, 0.3) is 0 Å². The van der Waals surface area contributed by atoms with Crippen molar-refractivity contribution in [2.24, 2.45) is 11.1 Å². The largest absolute Gasteiger partial charge is 0.394 e. The topological polar surface area (TPSA) is 112 Å². The summed E-state index contributed by atoms with van der Waals surface area (Å²) in [5.41, 5.74) is 4.32. The number of aliphatic hydroxyl groups excluding tert-OH is 4. The lowest BCUT2D eigenvalue weighted by atomic mass is 9.90. The lowest BCUT2D eigenvalue weighted by Gasteiger charge is -2.40. The molecular weight excluding hydrogens is 458 g/mol. The summed E-state index contributed by atoms with van der Waals surface area (Å²) in [5.74, 6) is 0.203. The molecule has 0 bridgehead atoms. The second-order valence-electron chi connectivity index (χ2n) is 9.26. The van der Waals surface area contributed by atoms with Crippen LogP contribution < -0.4 is 0 Å². The molecular formula is C26H34ClNO6. The van der Waals surface area contributed by atoms with Gasteiger partial charge in [-0.1, -0.05) is 67.0 Å². The Hall–Kier alpha value is -2.00. The zero-order valence-corrected chi connectivity index (χ0v) is 20.7. The molecule has 0 saturated carbocycles. The summed E-state index contributed by atoms with van der Waals surface area (Å²) in [6, 6.07) is 13.3. The first kappa shape index (κ1) is 26.6. The SMILES string of the molecule is CC(C)O/N=C(/c1ccc(Cc2cc([C@@H]3O[C@H](CO)[C@@H](O)[C@H](O)[C@H]3O)ccc2Cl)cc1)C(C)C. The van der Waals surface area contributed by atoms with Gasteiger partial charge in [0.05, 0.1) is 12.3 Å². The highest BCUT2D eigenvalue weighted by Gasteiger charge is 2.44. The minimum atomic E-state index is -1.43. The number of ether oxygens (including phenoxy) is 1. The number of aliphatic hydroxyl groups is 4. The van der Waals surface area contributed by atoms with E-state index in [2.05, 4.69) is 19.0 Å². The number of oxime groups is 1. The van der Waals surface area contributed by atoms with Crippen LogP contribution in [0.15, 0.2) is 47.6 Å². The summed E-state index contributed by atoms with van der Waals surface area (Å²) < 4.78 is 5.69. The van der Waals surface area contributed by atoms with Crippen molar-refractivity contribution in [3.05, 3.63) is 69.7 Å². The first-order valence-electron chi connectivity index (χ1n) is 11.5. The Bertz CT molecular complexity index is 976. The van der Waals surface area contributed by atoms with Crippen molar-refractivity contribution in [1.29, 1.82) is 0 Å². The molecule has 34 heavy (non-hydrogen) atoms. The molecule has 0 amide bonds. The normalized spacial score (nSPS) is 25.7. The van der Waals surface area contributed by atoms with Gasteiger partial charge in [0.15, 0.2) is 0 Å². The van der Waals surface area contributed by atoms with Crippen molar-refractivity contribution in [3.63, 3.8) is 0 Å². The molecule has 0 aliphatic carbocycles. The third kappa shape index (κ3) is 6.16. The predicted molar refractivity (Wildman–Crippen MR) is 131 cm³/mol. The molecule has 186 valence electrons. The number of benzene rings is 2. The number of halogens is 1. The fourth-order valence-corrected chi connectivity index (χ4v) is 4.14. The van der Waals surface area contributed by atoms with E-state index in [4.69, 9.17) is 21.2 Å². The summed E-state index contributed by atoms with van der Waals surface area (Å²) in [6.07, 6.45) is -5.49. The van der Waals surface area contributed by atoms with Crippen molar-refractivity contribution >= 4 is 17.3 Å². The Morgan fingerprint density at radius 3 is 2.26 bits per heavy atom. The lowest BCUT2D eigenvalue weighted by Crippen LogP contribution is -2.55. The van der Waals surface area contributed by atoms with E-state index in [9.17, 15) is 20.4 Å². The molecule has 1 saturated heterocycles. The fourth-order valence-electron chi connectivity index (χ4n) is 3.95. The third-order valence-corrected chi connectivity index (χ3v) is 6.21. The standard InChI is InChI=1S/C26H34ClNO6/c1-14(2)22(28-34-15(3)4)17-7-5-16(6-8-17)11-19-12-18(9-10-20(19)27)26-25(32)24(31)23(30)21(13-29)33-26/h5-10,12,14-15,21,23-26,29-32H,11,13H2,1-4H3/b28-22+/t21-,23-,24+,25-,26+/m1/s1. The first-order valence-corrected chi connectivity index (χ1v) is 11.9. The van der Waals surface area contributed by atoms with Crippen molar-refractivity contribution in [1.82, 2.24) is 0 Å². The van der Waals surface area contributed by atoms with Crippen molar-refractivity contribution in [3.8, 4) is 0 Å². The van der Waals surface area contributed by atoms with E-state index in [-0.39, 0.29) is 12.0 Å². The van der Waals surface area contributed by atoms with Crippen LogP contribution in [0.4, 0.5) is 0 Å². The maximum Gasteiger partial charge on any atom is 0.122 e. The van der Waals surface area contributed by atoms with Gasteiger partial charge in [0.2, 0.25) is 0 Å². The van der Waals surface area contributed by atoms with E-state index in [1.807, 2.05) is 44.2 Å². The van der Waals surface area contributed by atoms with E-state index >= 15 is 0 Å². The van der Waals surface area contributed by atoms with Gasteiger partial charge in [-0.05, 0) is 54.5 Å². The molecule has 0 aromatic heterocycles. The molecule has 5 atom stereocenters. The van der Waals surface area contributed by atoms with Crippen LogP contribution in [0.5, 0.6) is 0 Å². The van der Waals surface area contributed by atoms with E-state index in [0.717, 1.165) is 22.4 Å². The van der Waals surface area contributed by atoms with Crippen LogP contribution in [0, 0.1) is 5.92 Å². The van der Waals surface area contributed by atoms with Gasteiger partial charge >= 0.3 is 0 Å². The summed E-state index contributed by atoms with van der Waals surface area (Å²) >= 11 is 6.46. The smallest absolute Gasteiger partial charge is 0.122 e. The molecule has 4 N–H and O–H groups in total. The van der Waals surface area contributed by atoms with Crippen LogP contribution in [-0.4, -0.2) is 63.3 Å². The fraction of sp³-hybridized carbons (Fsp3) is 0.500. The van der Waals surface area contributed by atoms with E-state index in [1.165, 1.54) is 0 Å². The maximum atomic E-state index is 10.5. The molecule has 8 heteroatoms. The zero-order valence-electron chi connectivity index (χ0n) is 19.9. The van der Waals surface area contributed by atoms with E-state index in [1.54, 1.807) is 12.1 Å². The first-order chi connectivity index (χ1) is 16.1. The Morgan fingerprint density at radius 2 is 1.68 bits per heavy atom. The number of rotatable bonds is 8. The number of nitrogens with zero attached hydrogens (tertiary/aromatic N) is 1. The summed E-state index contributed by atoms with van der Waals surface area (Å²) in [4.78, 5) is 5.46. The molecule has 3 rings (SSSR count). The average Bonchev–Trinajstić information content (AvgIpc) is 2.80. The minimum absolute atomic E-state index is 0.00568. The predicted octanol–water partition coefficient (Wildman–Crippen LogP) is 3.23. The van der Waals surface area contributed by atoms with Gasteiger partial charge in [0.1, 0.15) is 36.6 Å². The quantitative estimate of drug-likeness (QED) is 0.333. The van der Waals surface area contributed by atoms with Gasteiger partial charge in [-0.3, -0.25) is 0 Å². The summed E-state index contributed by atoms with van der Waals surface area (Å²) in [7, 11) is 0. The van der Waals surface area contributed by atoms with Gasteiger partial charge < -0.3 is 30.0 Å². The molecule has 2 aromatic rings. The Labute approximate surface area is 205 Å². The molecule has 0 spiro atoms. The van der Waals surface area contributed by atoms with Crippen LogP contribution in [0.25, 0.3) is 0 Å². The van der Waals surface area contributed by atoms with Crippen LogP contribution in [0.2, 0.25) is 5.02 Å². The Morgan fingerprint density at radius 1 is 1.00 bits per heavy atom. The van der Waals surface area contributed by atoms with Crippen molar-refractivity contribution in [2.45, 2.75) is 70.7 Å². The minimum Gasteiger partial charge on any atom is -0.394 e. The molecule has 0 radical (unpaired) electrons. The number of hydrogen-bond donors (Lipinski definition) is 4. The molecule has 0 unspecified atom stereocenters. The summed E-state index contributed by atoms with van der Waals surface area (Å²) in [5, 5.41) is 45.0. The molecule has 1 aliphatic heterocycles. The number of hydrogen-bond acceptors (Lipinski definition) is 7. The van der Waals surface area contributed by atoms with Gasteiger partial charge in [-0.15, -0.1) is 0 Å².